The zero-order valence-electron chi connectivity index (χ0n) is 16.1. The number of rotatable bonds is 6. The Morgan fingerprint density at radius 2 is 1.86 bits per heavy atom. The minimum absolute atomic E-state index is 0.0338. The summed E-state index contributed by atoms with van der Waals surface area (Å²) in [7, 11) is 3.89. The van der Waals surface area contributed by atoms with Crippen LogP contribution in [0.5, 0.6) is 0 Å². The summed E-state index contributed by atoms with van der Waals surface area (Å²) in [5, 5.41) is 11.4. The van der Waals surface area contributed by atoms with Crippen LogP contribution in [0.1, 0.15) is 29.5 Å². The van der Waals surface area contributed by atoms with Crippen LogP contribution in [0.15, 0.2) is 46.4 Å². The molecule has 1 aliphatic heterocycles. The minimum atomic E-state index is -0.758. The first-order valence-electron chi connectivity index (χ1n) is 9.05. The fraction of sp³-hybridized carbons (Fsp3) is 0.333. The van der Waals surface area contributed by atoms with Gasteiger partial charge < -0.3 is 19.3 Å². The van der Waals surface area contributed by atoms with Crippen LogP contribution in [-0.4, -0.2) is 53.8 Å². The predicted molar refractivity (Wildman–Crippen MR) is 107 cm³/mol. The van der Waals surface area contributed by atoms with Crippen molar-refractivity contribution < 1.29 is 19.1 Å². The van der Waals surface area contributed by atoms with Crippen LogP contribution in [0.25, 0.3) is 5.76 Å². The number of aryl methyl sites for hydroxylation is 1. The van der Waals surface area contributed by atoms with Crippen molar-refractivity contribution in [3.8, 4) is 0 Å². The van der Waals surface area contributed by atoms with Crippen molar-refractivity contribution in [3.63, 3.8) is 0 Å². The summed E-state index contributed by atoms with van der Waals surface area (Å²) in [6.45, 7) is 2.94. The topological polar surface area (TPSA) is 74.0 Å². The molecule has 1 fully saturated rings. The maximum absolute atomic E-state index is 12.8. The molecular formula is C21H23ClN2O4. The molecule has 1 saturated heterocycles. The summed E-state index contributed by atoms with van der Waals surface area (Å²) in [6.07, 6.45) is 0.692. The third-order valence-corrected chi connectivity index (χ3v) is 4.94. The predicted octanol–water partition coefficient (Wildman–Crippen LogP) is 3.61. The van der Waals surface area contributed by atoms with E-state index >= 15 is 0 Å². The second-order valence-electron chi connectivity index (χ2n) is 7.10. The molecule has 2 aromatic rings. The highest BCUT2D eigenvalue weighted by Crippen LogP contribution is 2.40. The van der Waals surface area contributed by atoms with Crippen LogP contribution in [0.3, 0.4) is 0 Å². The Labute approximate surface area is 169 Å². The molecule has 0 aliphatic carbocycles. The van der Waals surface area contributed by atoms with E-state index in [0.29, 0.717) is 35.1 Å². The molecule has 0 spiro atoms. The first-order valence-corrected chi connectivity index (χ1v) is 9.43. The number of hydrogen-bond acceptors (Lipinski definition) is 5. The van der Waals surface area contributed by atoms with E-state index in [1.807, 2.05) is 19.0 Å². The monoisotopic (exact) mass is 402 g/mol. The molecule has 0 radical (unpaired) electrons. The summed E-state index contributed by atoms with van der Waals surface area (Å²) in [5.74, 6) is -0.453. The van der Waals surface area contributed by atoms with Gasteiger partial charge in [-0.15, -0.1) is 0 Å². The van der Waals surface area contributed by atoms with E-state index in [0.717, 1.165) is 6.54 Å². The Morgan fingerprint density at radius 1 is 1.18 bits per heavy atom. The Balaban J connectivity index is 2.05. The highest BCUT2D eigenvalue weighted by Gasteiger charge is 2.47. The molecule has 148 valence electrons. The average Bonchev–Trinajstić information content (AvgIpc) is 3.18. The summed E-state index contributed by atoms with van der Waals surface area (Å²) in [4.78, 5) is 29.0. The first kappa shape index (κ1) is 20.2. The lowest BCUT2D eigenvalue weighted by Gasteiger charge is -2.24. The van der Waals surface area contributed by atoms with Crippen LogP contribution in [0, 0.1) is 6.92 Å². The molecule has 2 heterocycles. The van der Waals surface area contributed by atoms with Crippen molar-refractivity contribution in [1.29, 1.82) is 0 Å². The number of carbonyl (C=O) groups is 2. The van der Waals surface area contributed by atoms with Gasteiger partial charge in [-0.2, -0.15) is 0 Å². The Bertz CT molecular complexity index is 915. The van der Waals surface area contributed by atoms with Crippen LogP contribution in [0.2, 0.25) is 5.02 Å². The number of likely N-dealkylation sites (tertiary alicyclic amines) is 1. The summed E-state index contributed by atoms with van der Waals surface area (Å²) in [5.41, 5.74) is 0.454. The molecule has 3 rings (SSSR count). The number of furan rings is 1. The standard InChI is InChI=1S/C21H23ClN2O4/c1-13-5-10-16(28-13)18-17(19(25)14-6-8-15(22)9-7-14)20(26)21(27)24(18)12-4-11-23(2)3/h5-10,18,25H,4,11-12H2,1-3H3/b19-17+/t18-/m1/s1. The first-order chi connectivity index (χ1) is 13.3. The molecule has 1 amide bonds. The molecule has 0 bridgehead atoms. The van der Waals surface area contributed by atoms with Gasteiger partial charge in [-0.3, -0.25) is 9.59 Å². The van der Waals surface area contributed by atoms with Crippen LogP contribution < -0.4 is 0 Å². The Hall–Kier alpha value is -2.57. The van der Waals surface area contributed by atoms with E-state index in [4.69, 9.17) is 16.0 Å². The van der Waals surface area contributed by atoms with E-state index in [9.17, 15) is 14.7 Å². The van der Waals surface area contributed by atoms with E-state index in [1.54, 1.807) is 43.3 Å². The number of nitrogens with zero attached hydrogens (tertiary/aromatic N) is 2. The van der Waals surface area contributed by atoms with E-state index < -0.39 is 17.7 Å². The summed E-state index contributed by atoms with van der Waals surface area (Å²) >= 11 is 5.92. The van der Waals surface area contributed by atoms with E-state index in [-0.39, 0.29) is 11.3 Å². The van der Waals surface area contributed by atoms with E-state index in [2.05, 4.69) is 0 Å². The number of amides is 1. The number of hydrogen-bond donors (Lipinski definition) is 1. The maximum Gasteiger partial charge on any atom is 0.295 e. The van der Waals surface area contributed by atoms with Crippen molar-refractivity contribution >= 4 is 29.1 Å². The lowest BCUT2D eigenvalue weighted by atomic mass is 9.99. The molecule has 1 aromatic heterocycles. The van der Waals surface area contributed by atoms with Crippen LogP contribution in [-0.2, 0) is 9.59 Å². The number of ketones is 1. The van der Waals surface area contributed by atoms with E-state index in [1.165, 1.54) is 4.90 Å². The van der Waals surface area contributed by atoms with Gasteiger partial charge in [0.15, 0.2) is 0 Å². The molecule has 7 heteroatoms. The Kier molecular flexibility index (Phi) is 5.91. The lowest BCUT2D eigenvalue weighted by Crippen LogP contribution is -2.32. The molecule has 1 atom stereocenters. The quantitative estimate of drug-likeness (QED) is 0.454. The van der Waals surface area contributed by atoms with Gasteiger partial charge >= 0.3 is 0 Å². The zero-order chi connectivity index (χ0) is 20.4. The minimum Gasteiger partial charge on any atom is -0.507 e. The van der Waals surface area contributed by atoms with Gasteiger partial charge in [0, 0.05) is 17.1 Å². The number of Topliss-reactive ketones (excluding diaryl/α,β-unsaturated/α-hetero) is 1. The van der Waals surface area contributed by atoms with Gasteiger partial charge in [0.25, 0.3) is 11.7 Å². The fourth-order valence-corrected chi connectivity index (χ4v) is 3.45. The van der Waals surface area contributed by atoms with Crippen molar-refractivity contribution in [2.75, 3.05) is 27.2 Å². The Morgan fingerprint density at radius 3 is 2.43 bits per heavy atom. The highest BCUT2D eigenvalue weighted by molar-refractivity contribution is 6.46. The van der Waals surface area contributed by atoms with Gasteiger partial charge in [-0.1, -0.05) is 11.6 Å². The number of aliphatic hydroxyl groups excluding tert-OH is 1. The number of benzene rings is 1. The molecule has 0 unspecified atom stereocenters. The summed E-state index contributed by atoms with van der Waals surface area (Å²) in [6, 6.07) is 9.22. The van der Waals surface area contributed by atoms with Crippen LogP contribution >= 0.6 is 11.6 Å². The summed E-state index contributed by atoms with van der Waals surface area (Å²) < 4.78 is 5.73. The van der Waals surface area contributed by atoms with Crippen molar-refractivity contribution in [1.82, 2.24) is 9.80 Å². The van der Waals surface area contributed by atoms with Gasteiger partial charge in [-0.05, 0) is 70.4 Å². The van der Waals surface area contributed by atoms with Gasteiger partial charge in [0.1, 0.15) is 23.3 Å². The number of carbonyl (C=O) groups excluding carboxylic acids is 2. The van der Waals surface area contributed by atoms with Gasteiger partial charge in [0.05, 0.1) is 5.57 Å². The zero-order valence-corrected chi connectivity index (χ0v) is 16.9. The van der Waals surface area contributed by atoms with Gasteiger partial charge in [-0.25, -0.2) is 0 Å². The van der Waals surface area contributed by atoms with Gasteiger partial charge in [0.2, 0.25) is 0 Å². The molecule has 1 aromatic carbocycles. The maximum atomic E-state index is 12.8. The fourth-order valence-electron chi connectivity index (χ4n) is 3.33. The number of halogens is 1. The molecule has 1 N–H and O–H groups in total. The second-order valence-corrected chi connectivity index (χ2v) is 7.54. The third kappa shape index (κ3) is 3.98. The molecular weight excluding hydrogens is 380 g/mol. The third-order valence-electron chi connectivity index (χ3n) is 4.69. The molecule has 28 heavy (non-hydrogen) atoms. The number of aliphatic hydroxyl groups is 1. The van der Waals surface area contributed by atoms with Crippen LogP contribution in [0.4, 0.5) is 0 Å². The largest absolute Gasteiger partial charge is 0.507 e. The average molecular weight is 403 g/mol. The van der Waals surface area contributed by atoms with Crippen molar-refractivity contribution in [2.24, 2.45) is 0 Å². The van der Waals surface area contributed by atoms with Crippen molar-refractivity contribution in [2.45, 2.75) is 19.4 Å². The lowest BCUT2D eigenvalue weighted by molar-refractivity contribution is -0.140. The molecule has 1 aliphatic rings. The highest BCUT2D eigenvalue weighted by atomic mass is 35.5. The second kappa shape index (κ2) is 8.20. The van der Waals surface area contributed by atoms with Crippen molar-refractivity contribution in [3.05, 3.63) is 64.1 Å². The molecule has 6 nitrogen and oxygen atoms in total. The molecule has 0 saturated carbocycles. The smallest absolute Gasteiger partial charge is 0.295 e. The SMILES string of the molecule is Cc1ccc([C@@H]2/C(=C(\O)c3ccc(Cl)cc3)C(=O)C(=O)N2CCCN(C)C)o1. The normalized spacial score (nSPS) is 19.0.